The third-order valence-electron chi connectivity index (χ3n) is 3.67. The van der Waals surface area contributed by atoms with Gasteiger partial charge in [-0.15, -0.1) is 23.2 Å². The van der Waals surface area contributed by atoms with Gasteiger partial charge >= 0.3 is 0 Å². The van der Waals surface area contributed by atoms with Crippen LogP contribution in [0.25, 0.3) is 0 Å². The van der Waals surface area contributed by atoms with Crippen LogP contribution in [0, 0.1) is 23.7 Å². The first-order valence-electron chi connectivity index (χ1n) is 4.75. The van der Waals surface area contributed by atoms with Crippen molar-refractivity contribution in [1.29, 1.82) is 0 Å². The highest BCUT2D eigenvalue weighted by Crippen LogP contribution is 2.43. The fraction of sp³-hybridized carbons (Fsp3) is 1.00. The maximum Gasteiger partial charge on any atom is 0.0404 e. The highest BCUT2D eigenvalue weighted by molar-refractivity contribution is 6.24. The minimum atomic E-state index is 0.249. The van der Waals surface area contributed by atoms with Crippen molar-refractivity contribution in [3.8, 4) is 0 Å². The SMILES string of the molecule is CC1C(C)C(Cl)C(C)C(Cl)C1C. The maximum atomic E-state index is 6.29. The predicted octanol–water partition coefficient (Wildman–Crippen LogP) is 3.76. The Morgan fingerprint density at radius 2 is 0.917 bits per heavy atom. The molecule has 2 heteroatoms. The molecule has 0 bridgehead atoms. The standard InChI is InChI=1S/C10H18Cl2/c1-5-6(2)9(11)8(4)10(12)7(5)3/h5-10H,1-4H3. The van der Waals surface area contributed by atoms with E-state index in [-0.39, 0.29) is 10.8 Å². The normalized spacial score (nSPS) is 55.5. The van der Waals surface area contributed by atoms with Crippen LogP contribution in [-0.2, 0) is 0 Å². The Bertz CT molecular complexity index is 99.4. The van der Waals surface area contributed by atoms with E-state index in [1.807, 2.05) is 0 Å². The smallest absolute Gasteiger partial charge is 0.0404 e. The lowest BCUT2D eigenvalue weighted by Gasteiger charge is -2.43. The molecule has 0 aromatic rings. The second kappa shape index (κ2) is 3.75. The summed E-state index contributed by atoms with van der Waals surface area (Å²) in [6.07, 6.45) is 0. The number of hydrogen-bond acceptors (Lipinski definition) is 0. The molecule has 0 radical (unpaired) electrons. The summed E-state index contributed by atoms with van der Waals surface area (Å²) < 4.78 is 0. The average Bonchev–Trinajstić information content (AvgIpc) is 2.08. The minimum absolute atomic E-state index is 0.249. The summed E-state index contributed by atoms with van der Waals surface area (Å²) in [5.41, 5.74) is 0. The molecule has 0 heterocycles. The summed E-state index contributed by atoms with van der Waals surface area (Å²) in [7, 11) is 0. The fourth-order valence-electron chi connectivity index (χ4n) is 2.19. The molecular weight excluding hydrogens is 191 g/mol. The zero-order valence-corrected chi connectivity index (χ0v) is 9.73. The molecule has 0 amide bonds. The largest absolute Gasteiger partial charge is 0.122 e. The Hall–Kier alpha value is 0.580. The minimum Gasteiger partial charge on any atom is -0.122 e. The quantitative estimate of drug-likeness (QED) is 0.533. The van der Waals surface area contributed by atoms with Crippen molar-refractivity contribution in [2.75, 3.05) is 0 Å². The van der Waals surface area contributed by atoms with E-state index in [1.165, 1.54) is 0 Å². The predicted molar refractivity (Wildman–Crippen MR) is 55.9 cm³/mol. The van der Waals surface area contributed by atoms with Gasteiger partial charge in [0.05, 0.1) is 0 Å². The first-order valence-corrected chi connectivity index (χ1v) is 5.62. The van der Waals surface area contributed by atoms with Gasteiger partial charge in [0.25, 0.3) is 0 Å². The molecule has 1 saturated carbocycles. The molecule has 0 saturated heterocycles. The number of halogens is 2. The zero-order valence-electron chi connectivity index (χ0n) is 8.22. The third kappa shape index (κ3) is 1.61. The van der Waals surface area contributed by atoms with Crippen molar-refractivity contribution in [3.63, 3.8) is 0 Å². The second-order valence-electron chi connectivity index (χ2n) is 4.33. The summed E-state index contributed by atoms with van der Waals surface area (Å²) in [5.74, 6) is 2.26. The lowest BCUT2D eigenvalue weighted by Crippen LogP contribution is -2.43. The van der Waals surface area contributed by atoms with Crippen LogP contribution in [0.1, 0.15) is 27.7 Å². The van der Waals surface area contributed by atoms with E-state index in [0.717, 1.165) is 0 Å². The topological polar surface area (TPSA) is 0 Å². The van der Waals surface area contributed by atoms with Crippen LogP contribution < -0.4 is 0 Å². The third-order valence-corrected chi connectivity index (χ3v) is 5.26. The van der Waals surface area contributed by atoms with E-state index in [9.17, 15) is 0 Å². The van der Waals surface area contributed by atoms with Gasteiger partial charge in [-0.05, 0) is 23.7 Å². The van der Waals surface area contributed by atoms with Gasteiger partial charge < -0.3 is 0 Å². The molecule has 1 fully saturated rings. The van der Waals surface area contributed by atoms with Crippen LogP contribution in [-0.4, -0.2) is 10.8 Å². The van der Waals surface area contributed by atoms with Crippen LogP contribution in [0.4, 0.5) is 0 Å². The Labute approximate surface area is 85.6 Å². The van der Waals surface area contributed by atoms with E-state index in [0.29, 0.717) is 23.7 Å². The molecule has 4 atom stereocenters. The van der Waals surface area contributed by atoms with Crippen molar-refractivity contribution >= 4 is 23.2 Å². The second-order valence-corrected chi connectivity index (χ2v) is 5.33. The van der Waals surface area contributed by atoms with E-state index in [2.05, 4.69) is 27.7 Å². The highest BCUT2D eigenvalue weighted by Gasteiger charge is 2.41. The molecule has 4 unspecified atom stereocenters. The molecule has 0 aromatic carbocycles. The first-order chi connectivity index (χ1) is 5.46. The van der Waals surface area contributed by atoms with Crippen LogP contribution in [0.2, 0.25) is 0 Å². The van der Waals surface area contributed by atoms with Crippen molar-refractivity contribution < 1.29 is 0 Å². The summed E-state index contributed by atoms with van der Waals surface area (Å²) in [5, 5.41) is 0.498. The van der Waals surface area contributed by atoms with E-state index in [1.54, 1.807) is 0 Å². The van der Waals surface area contributed by atoms with Crippen LogP contribution in [0.5, 0.6) is 0 Å². The molecule has 12 heavy (non-hydrogen) atoms. The van der Waals surface area contributed by atoms with E-state index in [4.69, 9.17) is 23.2 Å². The van der Waals surface area contributed by atoms with Gasteiger partial charge in [-0.25, -0.2) is 0 Å². The van der Waals surface area contributed by atoms with Gasteiger partial charge in [0.1, 0.15) is 0 Å². The Morgan fingerprint density at radius 3 is 1.25 bits per heavy atom. The zero-order chi connectivity index (χ0) is 9.46. The fourth-order valence-corrected chi connectivity index (χ4v) is 3.04. The molecule has 72 valence electrons. The van der Waals surface area contributed by atoms with Crippen molar-refractivity contribution in [1.82, 2.24) is 0 Å². The van der Waals surface area contributed by atoms with Crippen LogP contribution >= 0.6 is 23.2 Å². The molecule has 1 aliphatic rings. The van der Waals surface area contributed by atoms with Crippen LogP contribution in [0.15, 0.2) is 0 Å². The average molecular weight is 209 g/mol. The van der Waals surface area contributed by atoms with Crippen molar-refractivity contribution in [3.05, 3.63) is 0 Å². The Morgan fingerprint density at radius 1 is 0.583 bits per heavy atom. The molecule has 0 nitrogen and oxygen atoms in total. The van der Waals surface area contributed by atoms with Gasteiger partial charge in [-0.3, -0.25) is 0 Å². The van der Waals surface area contributed by atoms with Gasteiger partial charge in [0, 0.05) is 10.8 Å². The van der Waals surface area contributed by atoms with Gasteiger partial charge in [0.15, 0.2) is 0 Å². The molecule has 0 aliphatic heterocycles. The maximum absolute atomic E-state index is 6.29. The molecule has 1 aliphatic carbocycles. The highest BCUT2D eigenvalue weighted by atomic mass is 35.5. The monoisotopic (exact) mass is 208 g/mol. The molecule has 1 rings (SSSR count). The molecule has 0 aromatic heterocycles. The van der Waals surface area contributed by atoms with Crippen molar-refractivity contribution in [2.24, 2.45) is 23.7 Å². The summed E-state index contributed by atoms with van der Waals surface area (Å²) >= 11 is 12.6. The number of hydrogen-bond donors (Lipinski definition) is 0. The number of alkyl halides is 2. The Balaban J connectivity index is 2.76. The lowest BCUT2D eigenvalue weighted by molar-refractivity contribution is 0.162. The summed E-state index contributed by atoms with van der Waals surface area (Å²) in [6, 6.07) is 0. The molecular formula is C10H18Cl2. The van der Waals surface area contributed by atoms with E-state index < -0.39 is 0 Å². The van der Waals surface area contributed by atoms with Crippen molar-refractivity contribution in [2.45, 2.75) is 38.4 Å². The van der Waals surface area contributed by atoms with Gasteiger partial charge in [-0.2, -0.15) is 0 Å². The van der Waals surface area contributed by atoms with Gasteiger partial charge in [0.2, 0.25) is 0 Å². The molecule has 0 N–H and O–H groups in total. The number of rotatable bonds is 0. The first kappa shape index (κ1) is 10.7. The Kier molecular flexibility index (Phi) is 3.34. The summed E-state index contributed by atoms with van der Waals surface area (Å²) in [4.78, 5) is 0. The van der Waals surface area contributed by atoms with E-state index >= 15 is 0 Å². The van der Waals surface area contributed by atoms with Gasteiger partial charge in [-0.1, -0.05) is 27.7 Å². The van der Waals surface area contributed by atoms with Crippen LogP contribution in [0.3, 0.4) is 0 Å². The lowest BCUT2D eigenvalue weighted by atomic mass is 9.70. The molecule has 0 spiro atoms. The summed E-state index contributed by atoms with van der Waals surface area (Å²) in [6.45, 7) is 8.89.